The molecule has 1 aliphatic rings. The second kappa shape index (κ2) is 5.85. The van der Waals surface area contributed by atoms with Crippen LogP contribution in [0.1, 0.15) is 30.7 Å². The van der Waals surface area contributed by atoms with E-state index in [1.165, 1.54) is 0 Å². The van der Waals surface area contributed by atoms with Gasteiger partial charge >= 0.3 is 6.03 Å². The van der Waals surface area contributed by atoms with Crippen LogP contribution in [0.4, 0.5) is 4.79 Å². The molecule has 0 spiro atoms. The Morgan fingerprint density at radius 3 is 2.68 bits per heavy atom. The van der Waals surface area contributed by atoms with Crippen LogP contribution in [0.25, 0.3) is 0 Å². The van der Waals surface area contributed by atoms with E-state index in [1.54, 1.807) is 24.2 Å². The number of benzene rings is 1. The van der Waals surface area contributed by atoms with E-state index in [4.69, 9.17) is 4.42 Å². The maximum Gasteiger partial charge on any atom is 0.318 e. The van der Waals surface area contributed by atoms with Gasteiger partial charge in [-0.25, -0.2) is 4.79 Å². The summed E-state index contributed by atoms with van der Waals surface area (Å²) in [6.45, 7) is 2.65. The fraction of sp³-hybridized carbons (Fsp3) is 0.353. The van der Waals surface area contributed by atoms with Crippen LogP contribution in [0.5, 0.6) is 0 Å². The first-order valence-corrected chi connectivity index (χ1v) is 7.41. The van der Waals surface area contributed by atoms with Gasteiger partial charge in [0.2, 0.25) is 0 Å². The molecule has 3 rings (SSSR count). The lowest BCUT2D eigenvalue weighted by molar-refractivity contribution is 0.0717. The zero-order valence-corrected chi connectivity index (χ0v) is 12.5. The van der Waals surface area contributed by atoms with Gasteiger partial charge in [0.1, 0.15) is 11.8 Å². The zero-order valence-electron chi connectivity index (χ0n) is 12.5. The number of aliphatic hydroxyl groups is 1. The first-order chi connectivity index (χ1) is 10.6. The highest BCUT2D eigenvalue weighted by Crippen LogP contribution is 2.24. The van der Waals surface area contributed by atoms with E-state index >= 15 is 0 Å². The van der Waals surface area contributed by atoms with Gasteiger partial charge in [0.25, 0.3) is 0 Å². The second-order valence-corrected chi connectivity index (χ2v) is 5.98. The Hall–Kier alpha value is -2.27. The fourth-order valence-corrected chi connectivity index (χ4v) is 2.75. The lowest BCUT2D eigenvalue weighted by Gasteiger charge is -2.23. The van der Waals surface area contributed by atoms with Gasteiger partial charge < -0.3 is 19.7 Å². The molecule has 2 unspecified atom stereocenters. The van der Waals surface area contributed by atoms with Crippen molar-refractivity contribution in [3.05, 3.63) is 60.1 Å². The molecule has 0 bridgehead atoms. The summed E-state index contributed by atoms with van der Waals surface area (Å²) in [5.74, 6) is 0.686. The zero-order chi connectivity index (χ0) is 15.6. The Morgan fingerprint density at radius 1 is 1.32 bits per heavy atom. The third kappa shape index (κ3) is 3.14. The Kier molecular flexibility index (Phi) is 3.90. The molecule has 1 aliphatic heterocycles. The number of carbonyl (C=O) groups excluding carboxylic acids is 1. The number of nitrogens with one attached hydrogen (secondary N) is 1. The molecule has 2 atom stereocenters. The van der Waals surface area contributed by atoms with E-state index in [9.17, 15) is 9.90 Å². The Labute approximate surface area is 129 Å². The van der Waals surface area contributed by atoms with Gasteiger partial charge in [0, 0.05) is 6.54 Å². The van der Waals surface area contributed by atoms with Crippen LogP contribution in [0.2, 0.25) is 0 Å². The third-order valence-corrected chi connectivity index (χ3v) is 3.97. The summed E-state index contributed by atoms with van der Waals surface area (Å²) in [6, 6.07) is 12.8. The Bertz CT molecular complexity index is 623. The molecule has 1 aromatic carbocycles. The summed E-state index contributed by atoms with van der Waals surface area (Å²) in [5.41, 5.74) is 0.154. The molecule has 0 saturated carbocycles. The average molecular weight is 300 g/mol. The number of amides is 2. The van der Waals surface area contributed by atoms with Crippen molar-refractivity contribution in [3.8, 4) is 0 Å². The highest BCUT2D eigenvalue weighted by Gasteiger charge is 2.35. The number of hydrogen-bond donors (Lipinski definition) is 2. The van der Waals surface area contributed by atoms with Crippen LogP contribution in [0, 0.1) is 0 Å². The van der Waals surface area contributed by atoms with Crippen LogP contribution in [-0.2, 0) is 0 Å². The van der Waals surface area contributed by atoms with Gasteiger partial charge in [-0.2, -0.15) is 0 Å². The summed E-state index contributed by atoms with van der Waals surface area (Å²) in [4.78, 5) is 14.1. The minimum absolute atomic E-state index is 0.192. The lowest BCUT2D eigenvalue weighted by Crippen LogP contribution is -2.42. The van der Waals surface area contributed by atoms with Gasteiger partial charge in [0.15, 0.2) is 0 Å². The molecule has 2 N–H and O–H groups in total. The molecule has 2 amide bonds. The maximum absolute atomic E-state index is 12.5. The third-order valence-electron chi connectivity index (χ3n) is 3.97. The summed E-state index contributed by atoms with van der Waals surface area (Å²) in [6.07, 6.45) is 2.19. The normalized spacial score (nSPS) is 22.5. The van der Waals surface area contributed by atoms with Crippen LogP contribution in [-0.4, -0.2) is 34.7 Å². The lowest BCUT2D eigenvalue weighted by atomic mass is 10.0. The quantitative estimate of drug-likeness (QED) is 0.915. The van der Waals surface area contributed by atoms with Crippen molar-refractivity contribution < 1.29 is 14.3 Å². The molecular formula is C17H20N2O3. The van der Waals surface area contributed by atoms with Gasteiger partial charge in [-0.1, -0.05) is 30.3 Å². The van der Waals surface area contributed by atoms with E-state index in [2.05, 4.69) is 5.32 Å². The molecule has 5 heteroatoms. The van der Waals surface area contributed by atoms with Crippen molar-refractivity contribution in [2.45, 2.75) is 25.0 Å². The van der Waals surface area contributed by atoms with E-state index in [-0.39, 0.29) is 12.1 Å². The van der Waals surface area contributed by atoms with Gasteiger partial charge in [-0.3, -0.25) is 0 Å². The molecule has 1 aromatic heterocycles. The van der Waals surface area contributed by atoms with E-state index in [0.29, 0.717) is 25.3 Å². The number of nitrogens with zero attached hydrogens (tertiary/aromatic N) is 1. The summed E-state index contributed by atoms with van der Waals surface area (Å²) >= 11 is 0. The number of urea groups is 1. The standard InChI is InChI=1S/C17H20N2O3/c1-17(21)9-10-19(12-17)16(20)18-15(14-8-5-11-22-14)13-6-3-2-4-7-13/h2-8,11,15,21H,9-10,12H2,1H3,(H,18,20). The number of likely N-dealkylation sites (tertiary alicyclic amines) is 1. The maximum atomic E-state index is 12.5. The molecular weight excluding hydrogens is 280 g/mol. The van der Waals surface area contributed by atoms with Crippen LogP contribution < -0.4 is 5.32 Å². The second-order valence-electron chi connectivity index (χ2n) is 5.98. The molecule has 5 nitrogen and oxygen atoms in total. The van der Waals surface area contributed by atoms with Crippen LogP contribution >= 0.6 is 0 Å². The number of β-amino-alcohol motifs (C(OH)–C–C–N with tert-alkyl or cyclic N) is 1. The topological polar surface area (TPSA) is 65.7 Å². The van der Waals surface area contributed by atoms with Gasteiger partial charge in [-0.15, -0.1) is 0 Å². The molecule has 22 heavy (non-hydrogen) atoms. The Balaban J connectivity index is 1.78. The smallest absolute Gasteiger partial charge is 0.318 e. The number of carbonyl (C=O) groups is 1. The van der Waals surface area contributed by atoms with Crippen molar-refractivity contribution in [2.75, 3.05) is 13.1 Å². The van der Waals surface area contributed by atoms with Crippen LogP contribution in [0.15, 0.2) is 53.1 Å². The van der Waals surface area contributed by atoms with Crippen molar-refractivity contribution in [2.24, 2.45) is 0 Å². The highest BCUT2D eigenvalue weighted by atomic mass is 16.3. The number of hydrogen-bond acceptors (Lipinski definition) is 3. The highest BCUT2D eigenvalue weighted by molar-refractivity contribution is 5.75. The number of furan rings is 1. The minimum Gasteiger partial charge on any atom is -0.467 e. The minimum atomic E-state index is -0.801. The summed E-state index contributed by atoms with van der Waals surface area (Å²) in [5, 5.41) is 13.0. The molecule has 1 saturated heterocycles. The predicted octanol–water partition coefficient (Wildman–Crippen LogP) is 2.54. The molecule has 2 heterocycles. The van der Waals surface area contributed by atoms with E-state index in [0.717, 1.165) is 5.56 Å². The first kappa shape index (κ1) is 14.7. The van der Waals surface area contributed by atoms with Crippen molar-refractivity contribution >= 4 is 6.03 Å². The van der Waals surface area contributed by atoms with Gasteiger partial charge in [-0.05, 0) is 31.0 Å². The Morgan fingerprint density at radius 2 is 2.09 bits per heavy atom. The SMILES string of the molecule is CC1(O)CCN(C(=O)NC(c2ccccc2)c2ccco2)C1. The van der Waals surface area contributed by atoms with Crippen molar-refractivity contribution in [1.82, 2.24) is 10.2 Å². The molecule has 2 aromatic rings. The van der Waals surface area contributed by atoms with E-state index in [1.807, 2.05) is 36.4 Å². The predicted molar refractivity (Wildman–Crippen MR) is 82.3 cm³/mol. The summed E-state index contributed by atoms with van der Waals surface area (Å²) in [7, 11) is 0. The van der Waals surface area contributed by atoms with Crippen molar-refractivity contribution in [3.63, 3.8) is 0 Å². The molecule has 0 aliphatic carbocycles. The molecule has 1 fully saturated rings. The molecule has 0 radical (unpaired) electrons. The largest absolute Gasteiger partial charge is 0.467 e. The van der Waals surface area contributed by atoms with Gasteiger partial charge in [0.05, 0.1) is 18.4 Å². The van der Waals surface area contributed by atoms with E-state index < -0.39 is 5.60 Å². The number of rotatable bonds is 3. The summed E-state index contributed by atoms with van der Waals surface area (Å²) < 4.78 is 5.47. The molecule has 116 valence electrons. The monoisotopic (exact) mass is 300 g/mol. The van der Waals surface area contributed by atoms with Crippen molar-refractivity contribution in [1.29, 1.82) is 0 Å². The average Bonchev–Trinajstić information content (AvgIpc) is 3.15. The van der Waals surface area contributed by atoms with Crippen LogP contribution in [0.3, 0.4) is 0 Å². The fourth-order valence-electron chi connectivity index (χ4n) is 2.75. The first-order valence-electron chi connectivity index (χ1n) is 7.41.